The van der Waals surface area contributed by atoms with Crippen molar-refractivity contribution < 1.29 is 20.1 Å². The fourth-order valence-corrected chi connectivity index (χ4v) is 2.39. The lowest BCUT2D eigenvalue weighted by Gasteiger charge is -2.13. The molecule has 0 aliphatic heterocycles. The van der Waals surface area contributed by atoms with Crippen LogP contribution in [-0.2, 0) is 4.74 Å². The van der Waals surface area contributed by atoms with Crippen molar-refractivity contribution in [1.82, 2.24) is 0 Å². The molecule has 2 rings (SSSR count). The molecule has 4 heteroatoms. The molecule has 0 aromatic heterocycles. The van der Waals surface area contributed by atoms with Crippen molar-refractivity contribution in [3.8, 4) is 0 Å². The van der Waals surface area contributed by atoms with Crippen molar-refractivity contribution in [3.63, 3.8) is 0 Å². The van der Waals surface area contributed by atoms with Gasteiger partial charge in [0, 0.05) is 6.61 Å². The van der Waals surface area contributed by atoms with E-state index in [-0.39, 0.29) is 0 Å². The summed E-state index contributed by atoms with van der Waals surface area (Å²) in [6, 6.07) is 0. The smallest absolute Gasteiger partial charge is 0.154 e. The Morgan fingerprint density at radius 1 is 1.19 bits per heavy atom. The maximum absolute atomic E-state index is 8.85. The Labute approximate surface area is 96.6 Å². The standard InChI is InChI=1S/C8H12O.C4H10O3/c9-5-8-4-6-1-2-7(8)3-6;1-3(5)7-4(2)6/h1-2,6-9H,3-5H2;3-6H,1-2H3. The third-order valence-corrected chi connectivity index (χ3v) is 3.04. The van der Waals surface area contributed by atoms with Gasteiger partial charge in [-0.25, -0.2) is 0 Å². The molecule has 3 N–H and O–H groups in total. The number of aliphatic hydroxyl groups is 3. The molecule has 0 aromatic carbocycles. The summed E-state index contributed by atoms with van der Waals surface area (Å²) in [6.45, 7) is 3.27. The highest BCUT2D eigenvalue weighted by atomic mass is 16.7. The van der Waals surface area contributed by atoms with Gasteiger partial charge in [-0.1, -0.05) is 12.2 Å². The van der Waals surface area contributed by atoms with Gasteiger partial charge in [0.15, 0.2) is 12.6 Å². The minimum Gasteiger partial charge on any atom is -0.396 e. The Hall–Kier alpha value is -0.420. The van der Waals surface area contributed by atoms with Crippen molar-refractivity contribution in [3.05, 3.63) is 12.2 Å². The topological polar surface area (TPSA) is 69.9 Å². The summed E-state index contributed by atoms with van der Waals surface area (Å²) in [6.07, 6.45) is 5.37. The molecule has 1 saturated carbocycles. The number of aliphatic hydroxyl groups excluding tert-OH is 3. The van der Waals surface area contributed by atoms with Crippen molar-refractivity contribution in [2.45, 2.75) is 39.3 Å². The first-order chi connectivity index (χ1) is 7.52. The SMILES string of the molecule is CC(O)OC(C)O.OCC1CC2C=CC1C2. The van der Waals surface area contributed by atoms with Crippen LogP contribution in [0.3, 0.4) is 0 Å². The summed E-state index contributed by atoms with van der Waals surface area (Å²) in [4.78, 5) is 0. The summed E-state index contributed by atoms with van der Waals surface area (Å²) >= 11 is 0. The summed E-state index contributed by atoms with van der Waals surface area (Å²) in [5, 5.41) is 25.5. The van der Waals surface area contributed by atoms with Crippen LogP contribution in [0.15, 0.2) is 12.2 Å². The molecule has 2 bridgehead atoms. The Morgan fingerprint density at radius 3 is 2.00 bits per heavy atom. The maximum Gasteiger partial charge on any atom is 0.154 e. The summed E-state index contributed by atoms with van der Waals surface area (Å²) in [5.41, 5.74) is 0. The maximum atomic E-state index is 8.85. The monoisotopic (exact) mass is 230 g/mol. The lowest BCUT2D eigenvalue weighted by molar-refractivity contribution is -0.190. The van der Waals surface area contributed by atoms with Gasteiger partial charge in [0.05, 0.1) is 0 Å². The van der Waals surface area contributed by atoms with Gasteiger partial charge in [-0.2, -0.15) is 0 Å². The first kappa shape index (κ1) is 13.6. The fourth-order valence-electron chi connectivity index (χ4n) is 2.39. The highest BCUT2D eigenvalue weighted by molar-refractivity contribution is 5.09. The van der Waals surface area contributed by atoms with E-state index in [1.165, 1.54) is 26.7 Å². The summed E-state index contributed by atoms with van der Waals surface area (Å²) in [5.74, 6) is 2.13. The van der Waals surface area contributed by atoms with E-state index >= 15 is 0 Å². The zero-order valence-corrected chi connectivity index (χ0v) is 9.91. The predicted octanol–water partition coefficient (Wildman–Crippen LogP) is 0.870. The van der Waals surface area contributed by atoms with E-state index in [1.54, 1.807) is 0 Å². The molecule has 0 spiro atoms. The quantitative estimate of drug-likeness (QED) is 0.497. The van der Waals surface area contributed by atoms with Crippen LogP contribution in [-0.4, -0.2) is 34.5 Å². The van der Waals surface area contributed by atoms with Crippen LogP contribution in [0, 0.1) is 17.8 Å². The van der Waals surface area contributed by atoms with Crippen LogP contribution < -0.4 is 0 Å². The molecule has 0 heterocycles. The molecular weight excluding hydrogens is 208 g/mol. The van der Waals surface area contributed by atoms with Crippen LogP contribution in [0.5, 0.6) is 0 Å². The number of hydrogen-bond donors (Lipinski definition) is 3. The molecule has 5 unspecified atom stereocenters. The minimum atomic E-state index is -0.875. The molecule has 2 aliphatic rings. The van der Waals surface area contributed by atoms with Gasteiger partial charge in [0.2, 0.25) is 0 Å². The van der Waals surface area contributed by atoms with Gasteiger partial charge in [0.1, 0.15) is 0 Å². The van der Waals surface area contributed by atoms with Crippen molar-refractivity contribution >= 4 is 0 Å². The summed E-state index contributed by atoms with van der Waals surface area (Å²) < 4.78 is 4.36. The van der Waals surface area contributed by atoms with Gasteiger partial charge in [-0.3, -0.25) is 0 Å². The number of allylic oxidation sites excluding steroid dienone is 2. The van der Waals surface area contributed by atoms with Gasteiger partial charge < -0.3 is 20.1 Å². The molecule has 94 valence electrons. The predicted molar refractivity (Wildman–Crippen MR) is 60.4 cm³/mol. The van der Waals surface area contributed by atoms with Crippen LogP contribution in [0.4, 0.5) is 0 Å². The van der Waals surface area contributed by atoms with Crippen molar-refractivity contribution in [2.75, 3.05) is 6.61 Å². The Balaban J connectivity index is 0.000000168. The Kier molecular flexibility index (Phi) is 5.41. The third-order valence-electron chi connectivity index (χ3n) is 3.04. The first-order valence-corrected chi connectivity index (χ1v) is 5.83. The highest BCUT2D eigenvalue weighted by Crippen LogP contribution is 2.42. The number of rotatable bonds is 3. The van der Waals surface area contributed by atoms with Crippen molar-refractivity contribution in [2.24, 2.45) is 17.8 Å². The van der Waals surface area contributed by atoms with E-state index in [1.807, 2.05) is 0 Å². The molecule has 4 nitrogen and oxygen atoms in total. The zero-order valence-electron chi connectivity index (χ0n) is 9.91. The van der Waals surface area contributed by atoms with E-state index in [9.17, 15) is 0 Å². The van der Waals surface area contributed by atoms with Crippen LogP contribution in [0.2, 0.25) is 0 Å². The molecule has 2 aliphatic carbocycles. The van der Waals surface area contributed by atoms with Gasteiger partial charge in [-0.15, -0.1) is 0 Å². The van der Waals surface area contributed by atoms with E-state index in [0.29, 0.717) is 12.5 Å². The normalized spacial score (nSPS) is 34.4. The van der Waals surface area contributed by atoms with Gasteiger partial charge in [0.25, 0.3) is 0 Å². The second-order valence-corrected chi connectivity index (χ2v) is 4.56. The van der Waals surface area contributed by atoms with Crippen molar-refractivity contribution in [1.29, 1.82) is 0 Å². The number of fused-ring (bicyclic) bond motifs is 2. The molecule has 1 fully saturated rings. The van der Waals surface area contributed by atoms with E-state index < -0.39 is 12.6 Å². The minimum absolute atomic E-state index is 0.394. The second kappa shape index (κ2) is 6.35. The third kappa shape index (κ3) is 4.22. The Bertz CT molecular complexity index is 219. The average molecular weight is 230 g/mol. The fraction of sp³-hybridized carbons (Fsp3) is 0.833. The molecule has 0 aromatic rings. The number of hydrogen-bond acceptors (Lipinski definition) is 4. The molecule has 0 radical (unpaired) electrons. The lowest BCUT2D eigenvalue weighted by atomic mass is 9.95. The van der Waals surface area contributed by atoms with Gasteiger partial charge >= 0.3 is 0 Å². The van der Waals surface area contributed by atoms with Gasteiger partial charge in [-0.05, 0) is 44.4 Å². The molecule has 0 saturated heterocycles. The Morgan fingerprint density at radius 2 is 1.81 bits per heavy atom. The highest BCUT2D eigenvalue weighted by Gasteiger charge is 2.34. The van der Waals surface area contributed by atoms with E-state index in [4.69, 9.17) is 15.3 Å². The largest absolute Gasteiger partial charge is 0.396 e. The molecule has 0 amide bonds. The number of ether oxygens (including phenoxy) is 1. The van der Waals surface area contributed by atoms with E-state index in [0.717, 1.165) is 11.8 Å². The molecular formula is C12H22O4. The van der Waals surface area contributed by atoms with Crippen LogP contribution in [0.1, 0.15) is 26.7 Å². The summed E-state index contributed by atoms with van der Waals surface area (Å²) in [7, 11) is 0. The second-order valence-electron chi connectivity index (χ2n) is 4.56. The lowest BCUT2D eigenvalue weighted by Crippen LogP contribution is -2.14. The zero-order chi connectivity index (χ0) is 12.1. The van der Waals surface area contributed by atoms with Crippen LogP contribution in [0.25, 0.3) is 0 Å². The molecule has 5 atom stereocenters. The molecule has 16 heavy (non-hydrogen) atoms. The van der Waals surface area contributed by atoms with Crippen LogP contribution >= 0.6 is 0 Å². The average Bonchev–Trinajstić information content (AvgIpc) is 2.76. The first-order valence-electron chi connectivity index (χ1n) is 5.83. The van der Waals surface area contributed by atoms with E-state index in [2.05, 4.69) is 16.9 Å².